The monoisotopic (exact) mass is 426 g/mol. The number of aromatic nitrogens is 2. The largest absolute Gasteiger partial charge is 0.322 e. The third kappa shape index (κ3) is 4.20. The van der Waals surface area contributed by atoms with Crippen LogP contribution in [0.25, 0.3) is 11.0 Å². The van der Waals surface area contributed by atoms with Crippen LogP contribution in [0.5, 0.6) is 0 Å². The maximum Gasteiger partial charge on any atom is 0.255 e. The molecule has 30 heavy (non-hydrogen) atoms. The van der Waals surface area contributed by atoms with Gasteiger partial charge in [-0.1, -0.05) is 19.9 Å². The van der Waals surface area contributed by atoms with E-state index in [4.69, 9.17) is 0 Å². The average Bonchev–Trinajstić information content (AvgIpc) is 2.70. The molecule has 1 heterocycles. The number of amides is 1. The molecule has 158 valence electrons. The number of sulfonamides is 1. The summed E-state index contributed by atoms with van der Waals surface area (Å²) in [6, 6.07) is 10.0. The van der Waals surface area contributed by atoms with Gasteiger partial charge in [-0.15, -0.1) is 0 Å². The first-order chi connectivity index (χ1) is 14.2. The van der Waals surface area contributed by atoms with Crippen molar-refractivity contribution in [2.45, 2.75) is 39.5 Å². The highest BCUT2D eigenvalue weighted by molar-refractivity contribution is 7.89. The minimum Gasteiger partial charge on any atom is -0.322 e. The zero-order valence-corrected chi connectivity index (χ0v) is 18.7. The lowest BCUT2D eigenvalue weighted by Crippen LogP contribution is -2.31. The van der Waals surface area contributed by atoms with E-state index in [0.717, 1.165) is 16.9 Å². The topological polar surface area (TPSA) is 92.3 Å². The molecule has 1 aromatic heterocycles. The second-order valence-corrected chi connectivity index (χ2v) is 9.03. The number of nitrogens with zero attached hydrogens (tertiary/aromatic N) is 3. The van der Waals surface area contributed by atoms with Crippen LogP contribution in [0, 0.1) is 20.8 Å². The van der Waals surface area contributed by atoms with Gasteiger partial charge in [-0.25, -0.2) is 18.4 Å². The Morgan fingerprint density at radius 2 is 1.57 bits per heavy atom. The van der Waals surface area contributed by atoms with Crippen LogP contribution in [0.2, 0.25) is 0 Å². The molecule has 7 nitrogen and oxygen atoms in total. The van der Waals surface area contributed by atoms with E-state index in [9.17, 15) is 13.2 Å². The Labute approximate surface area is 177 Å². The molecule has 0 saturated heterocycles. The molecule has 2 aromatic carbocycles. The second kappa shape index (κ2) is 8.49. The number of nitrogens with one attached hydrogen (secondary N) is 1. The number of rotatable bonds is 6. The van der Waals surface area contributed by atoms with Gasteiger partial charge in [-0.05, 0) is 56.7 Å². The van der Waals surface area contributed by atoms with E-state index < -0.39 is 10.0 Å². The summed E-state index contributed by atoms with van der Waals surface area (Å²) < 4.78 is 27.3. The number of carbonyl (C=O) groups excluding carboxylic acids is 1. The van der Waals surface area contributed by atoms with Crippen molar-refractivity contribution in [1.82, 2.24) is 14.3 Å². The van der Waals surface area contributed by atoms with E-state index in [1.54, 1.807) is 51.1 Å². The molecular formula is C22H26N4O3S. The maximum absolute atomic E-state index is 12.9. The van der Waals surface area contributed by atoms with Gasteiger partial charge in [0, 0.05) is 24.3 Å². The number of hydrogen-bond acceptors (Lipinski definition) is 5. The lowest BCUT2D eigenvalue weighted by atomic mass is 10.1. The van der Waals surface area contributed by atoms with E-state index in [0.29, 0.717) is 35.4 Å². The molecule has 1 N–H and O–H groups in total. The Morgan fingerprint density at radius 1 is 0.933 bits per heavy atom. The first-order valence-electron chi connectivity index (χ1n) is 9.84. The maximum atomic E-state index is 12.9. The summed E-state index contributed by atoms with van der Waals surface area (Å²) in [7, 11) is -3.63. The normalized spacial score (nSPS) is 11.8. The highest BCUT2D eigenvalue weighted by Crippen LogP contribution is 2.24. The van der Waals surface area contributed by atoms with Crippen molar-refractivity contribution in [3.05, 3.63) is 58.9 Å². The fraction of sp³-hybridized carbons (Fsp3) is 0.318. The molecule has 0 saturated carbocycles. The van der Waals surface area contributed by atoms with E-state index in [1.165, 1.54) is 10.4 Å². The highest BCUT2D eigenvalue weighted by atomic mass is 32.2. The summed E-state index contributed by atoms with van der Waals surface area (Å²) in [5.41, 5.74) is 4.49. The van der Waals surface area contributed by atoms with Crippen LogP contribution in [0.4, 0.5) is 5.69 Å². The van der Waals surface area contributed by atoms with Crippen molar-refractivity contribution in [3.8, 4) is 0 Å². The summed E-state index contributed by atoms with van der Waals surface area (Å²) in [4.78, 5) is 21.9. The third-order valence-corrected chi connectivity index (χ3v) is 7.30. The lowest BCUT2D eigenvalue weighted by molar-refractivity contribution is 0.102. The van der Waals surface area contributed by atoms with Gasteiger partial charge in [0.2, 0.25) is 10.0 Å². The molecular weight excluding hydrogens is 400 g/mol. The van der Waals surface area contributed by atoms with Crippen molar-refractivity contribution < 1.29 is 13.2 Å². The van der Waals surface area contributed by atoms with E-state index in [2.05, 4.69) is 15.3 Å². The second-order valence-electron chi connectivity index (χ2n) is 7.12. The fourth-order valence-electron chi connectivity index (χ4n) is 3.23. The number of anilines is 1. The van der Waals surface area contributed by atoms with Crippen molar-refractivity contribution in [2.24, 2.45) is 0 Å². The predicted molar refractivity (Wildman–Crippen MR) is 118 cm³/mol. The molecule has 3 aromatic rings. The van der Waals surface area contributed by atoms with Gasteiger partial charge in [0.05, 0.1) is 27.3 Å². The van der Waals surface area contributed by atoms with Gasteiger partial charge in [-0.3, -0.25) is 4.79 Å². The third-order valence-electron chi connectivity index (χ3n) is 5.11. The summed E-state index contributed by atoms with van der Waals surface area (Å²) in [6.45, 7) is 9.87. The Hall–Kier alpha value is -2.84. The van der Waals surface area contributed by atoms with Crippen LogP contribution in [0.1, 0.15) is 41.2 Å². The molecule has 0 aliphatic heterocycles. The number of aryl methyl sites for hydroxylation is 3. The molecule has 8 heteroatoms. The smallest absolute Gasteiger partial charge is 0.255 e. The minimum absolute atomic E-state index is 0.194. The Bertz CT molecular complexity index is 1220. The zero-order chi connectivity index (χ0) is 22.1. The standard InChI is InChI=1S/C22H26N4O3S/c1-6-26(7-2)30(28,29)21-13-18(10-8-14(21)3)25-22(27)17-9-11-19-20(12-17)24-16(5)15(4)23-19/h8-13H,6-7H2,1-5H3,(H,25,27). The molecule has 0 fully saturated rings. The van der Waals surface area contributed by atoms with Gasteiger partial charge < -0.3 is 5.32 Å². The van der Waals surface area contributed by atoms with Gasteiger partial charge in [-0.2, -0.15) is 4.31 Å². The van der Waals surface area contributed by atoms with Crippen LogP contribution >= 0.6 is 0 Å². The summed E-state index contributed by atoms with van der Waals surface area (Å²) in [5, 5.41) is 2.79. The van der Waals surface area contributed by atoms with Crippen LogP contribution in [0.3, 0.4) is 0 Å². The quantitative estimate of drug-likeness (QED) is 0.647. The first kappa shape index (κ1) is 21.9. The highest BCUT2D eigenvalue weighted by Gasteiger charge is 2.24. The predicted octanol–water partition coefficient (Wildman–Crippen LogP) is 3.84. The van der Waals surface area contributed by atoms with Crippen LogP contribution in [-0.2, 0) is 10.0 Å². The fourth-order valence-corrected chi connectivity index (χ4v) is 4.94. The van der Waals surface area contributed by atoms with Crippen LogP contribution in [0.15, 0.2) is 41.3 Å². The molecule has 3 rings (SSSR count). The van der Waals surface area contributed by atoms with Gasteiger partial charge in [0.15, 0.2) is 0 Å². The first-order valence-corrected chi connectivity index (χ1v) is 11.3. The Morgan fingerprint density at radius 3 is 2.20 bits per heavy atom. The zero-order valence-electron chi connectivity index (χ0n) is 17.9. The van der Waals surface area contributed by atoms with E-state index >= 15 is 0 Å². The molecule has 0 bridgehead atoms. The molecule has 0 radical (unpaired) electrons. The SMILES string of the molecule is CCN(CC)S(=O)(=O)c1cc(NC(=O)c2ccc3nc(C)c(C)nc3c2)ccc1C. The Balaban J connectivity index is 1.92. The van der Waals surface area contributed by atoms with E-state index in [-0.39, 0.29) is 10.8 Å². The molecule has 0 aliphatic rings. The number of carbonyl (C=O) groups is 1. The van der Waals surface area contributed by atoms with Crippen molar-refractivity contribution >= 4 is 32.7 Å². The van der Waals surface area contributed by atoms with Crippen molar-refractivity contribution in [1.29, 1.82) is 0 Å². The number of fused-ring (bicyclic) bond motifs is 1. The van der Waals surface area contributed by atoms with Gasteiger partial charge in [0.1, 0.15) is 0 Å². The van der Waals surface area contributed by atoms with Crippen LogP contribution < -0.4 is 5.32 Å². The molecule has 0 atom stereocenters. The number of benzene rings is 2. The summed E-state index contributed by atoms with van der Waals surface area (Å²) in [6.07, 6.45) is 0. The molecule has 0 unspecified atom stereocenters. The average molecular weight is 427 g/mol. The minimum atomic E-state index is -3.63. The lowest BCUT2D eigenvalue weighted by Gasteiger charge is -2.20. The van der Waals surface area contributed by atoms with E-state index in [1.807, 2.05) is 13.8 Å². The van der Waals surface area contributed by atoms with Crippen LogP contribution in [-0.4, -0.2) is 41.7 Å². The molecule has 1 amide bonds. The summed E-state index contributed by atoms with van der Waals surface area (Å²) >= 11 is 0. The number of hydrogen-bond donors (Lipinski definition) is 1. The van der Waals surface area contributed by atoms with Gasteiger partial charge in [0.25, 0.3) is 5.91 Å². The molecule has 0 aliphatic carbocycles. The Kier molecular flexibility index (Phi) is 6.19. The molecule has 0 spiro atoms. The van der Waals surface area contributed by atoms with Crippen molar-refractivity contribution in [2.75, 3.05) is 18.4 Å². The van der Waals surface area contributed by atoms with Gasteiger partial charge >= 0.3 is 0 Å². The van der Waals surface area contributed by atoms with Crippen molar-refractivity contribution in [3.63, 3.8) is 0 Å². The summed E-state index contributed by atoms with van der Waals surface area (Å²) in [5.74, 6) is -0.341.